The zero-order valence-corrected chi connectivity index (χ0v) is 12.4. The zero-order valence-electron chi connectivity index (χ0n) is 12.4. The number of carbonyl (C=O) groups is 1. The molecule has 7 nitrogen and oxygen atoms in total. The fourth-order valence-electron chi connectivity index (χ4n) is 1.68. The SMILES string of the molecule is CCCCOCCCNC(=O)CCn1ccc(=O)[nH]c1=O. The Morgan fingerprint density at radius 3 is 2.81 bits per heavy atom. The number of ether oxygens (including phenoxy) is 1. The van der Waals surface area contributed by atoms with Crippen molar-refractivity contribution in [1.29, 1.82) is 0 Å². The van der Waals surface area contributed by atoms with Gasteiger partial charge in [-0.05, 0) is 12.8 Å². The van der Waals surface area contributed by atoms with Gasteiger partial charge in [-0.2, -0.15) is 0 Å². The molecule has 0 aromatic carbocycles. The van der Waals surface area contributed by atoms with Crippen molar-refractivity contribution in [1.82, 2.24) is 14.9 Å². The molecule has 0 saturated heterocycles. The van der Waals surface area contributed by atoms with Crippen molar-refractivity contribution in [3.05, 3.63) is 33.1 Å². The van der Waals surface area contributed by atoms with Crippen LogP contribution in [-0.4, -0.2) is 35.2 Å². The Morgan fingerprint density at radius 2 is 2.10 bits per heavy atom. The topological polar surface area (TPSA) is 93.2 Å². The number of rotatable bonds is 10. The molecule has 0 aliphatic rings. The van der Waals surface area contributed by atoms with Crippen molar-refractivity contribution in [2.45, 2.75) is 39.2 Å². The Balaban J connectivity index is 2.14. The molecule has 1 aromatic heterocycles. The van der Waals surface area contributed by atoms with E-state index in [4.69, 9.17) is 4.74 Å². The standard InChI is InChI=1S/C14H23N3O4/c1-2-3-10-21-11-4-7-15-12(18)5-8-17-9-6-13(19)16-14(17)20/h6,9H,2-5,7-8,10-11H2,1H3,(H,15,18)(H,16,19,20). The van der Waals surface area contributed by atoms with Gasteiger partial charge in [0.25, 0.3) is 5.56 Å². The minimum absolute atomic E-state index is 0.123. The number of aromatic nitrogens is 2. The largest absolute Gasteiger partial charge is 0.381 e. The molecule has 1 amide bonds. The minimum Gasteiger partial charge on any atom is -0.381 e. The lowest BCUT2D eigenvalue weighted by Crippen LogP contribution is -2.31. The van der Waals surface area contributed by atoms with Crippen molar-refractivity contribution < 1.29 is 9.53 Å². The van der Waals surface area contributed by atoms with E-state index in [9.17, 15) is 14.4 Å². The van der Waals surface area contributed by atoms with Crippen molar-refractivity contribution in [2.75, 3.05) is 19.8 Å². The molecule has 0 fully saturated rings. The number of nitrogens with zero attached hydrogens (tertiary/aromatic N) is 1. The Labute approximate surface area is 123 Å². The molecular weight excluding hydrogens is 274 g/mol. The number of nitrogens with one attached hydrogen (secondary N) is 2. The highest BCUT2D eigenvalue weighted by molar-refractivity contribution is 5.75. The third-order valence-corrected chi connectivity index (χ3v) is 2.91. The van der Waals surface area contributed by atoms with Gasteiger partial charge in [-0.1, -0.05) is 13.3 Å². The molecule has 1 aromatic rings. The first-order chi connectivity index (χ1) is 10.1. The average Bonchev–Trinajstić information content (AvgIpc) is 2.45. The molecule has 0 spiro atoms. The number of aryl methyl sites for hydroxylation is 1. The average molecular weight is 297 g/mol. The predicted octanol–water partition coefficient (Wildman–Crippen LogP) is 0.250. The maximum absolute atomic E-state index is 11.6. The highest BCUT2D eigenvalue weighted by atomic mass is 16.5. The van der Waals surface area contributed by atoms with E-state index < -0.39 is 11.2 Å². The van der Waals surface area contributed by atoms with Gasteiger partial charge in [0.15, 0.2) is 0 Å². The summed E-state index contributed by atoms with van der Waals surface area (Å²) >= 11 is 0. The quantitative estimate of drug-likeness (QED) is 0.605. The molecule has 0 radical (unpaired) electrons. The maximum atomic E-state index is 11.6. The lowest BCUT2D eigenvalue weighted by atomic mass is 10.3. The van der Waals surface area contributed by atoms with Crippen LogP contribution in [0.3, 0.4) is 0 Å². The number of carbonyl (C=O) groups excluding carboxylic acids is 1. The van der Waals surface area contributed by atoms with Crippen molar-refractivity contribution in [3.8, 4) is 0 Å². The highest BCUT2D eigenvalue weighted by Gasteiger charge is 2.02. The molecule has 0 aliphatic heterocycles. The summed E-state index contributed by atoms with van der Waals surface area (Å²) in [4.78, 5) is 36.0. The van der Waals surface area contributed by atoms with E-state index in [2.05, 4.69) is 17.2 Å². The number of H-pyrrole nitrogens is 1. The summed E-state index contributed by atoms with van der Waals surface area (Å²) in [7, 11) is 0. The summed E-state index contributed by atoms with van der Waals surface area (Å²) in [6.07, 6.45) is 4.52. The second-order valence-electron chi connectivity index (χ2n) is 4.72. The monoisotopic (exact) mass is 297 g/mol. The molecule has 1 heterocycles. The first-order valence-electron chi connectivity index (χ1n) is 7.27. The van der Waals surface area contributed by atoms with Crippen LogP contribution >= 0.6 is 0 Å². The van der Waals surface area contributed by atoms with Crippen LogP contribution in [0.1, 0.15) is 32.6 Å². The summed E-state index contributed by atoms with van der Waals surface area (Å²) in [5.74, 6) is -0.123. The molecule has 1 rings (SSSR count). The molecule has 0 unspecified atom stereocenters. The van der Waals surface area contributed by atoms with Gasteiger partial charge in [-0.25, -0.2) is 4.79 Å². The third kappa shape index (κ3) is 7.45. The molecule has 0 aliphatic carbocycles. The Hall–Kier alpha value is -1.89. The van der Waals surface area contributed by atoms with Crippen LogP contribution in [0.4, 0.5) is 0 Å². The number of amides is 1. The van der Waals surface area contributed by atoms with Gasteiger partial charge in [-0.3, -0.25) is 14.6 Å². The lowest BCUT2D eigenvalue weighted by molar-refractivity contribution is -0.121. The molecule has 2 N–H and O–H groups in total. The predicted molar refractivity (Wildman–Crippen MR) is 79.3 cm³/mol. The van der Waals surface area contributed by atoms with Crippen LogP contribution in [-0.2, 0) is 16.1 Å². The van der Waals surface area contributed by atoms with Gasteiger partial charge in [0, 0.05) is 45.0 Å². The van der Waals surface area contributed by atoms with Crippen LogP contribution in [0.5, 0.6) is 0 Å². The summed E-state index contributed by atoms with van der Waals surface area (Å²) in [5, 5.41) is 2.77. The Kier molecular flexibility index (Phi) is 8.11. The summed E-state index contributed by atoms with van der Waals surface area (Å²) in [6.45, 7) is 4.32. The van der Waals surface area contributed by atoms with Gasteiger partial charge >= 0.3 is 5.69 Å². The van der Waals surface area contributed by atoms with Gasteiger partial charge in [0.05, 0.1) is 0 Å². The molecule has 118 valence electrons. The van der Waals surface area contributed by atoms with Gasteiger partial charge in [-0.15, -0.1) is 0 Å². The van der Waals surface area contributed by atoms with E-state index in [1.807, 2.05) is 0 Å². The van der Waals surface area contributed by atoms with Crippen molar-refractivity contribution in [3.63, 3.8) is 0 Å². The lowest BCUT2D eigenvalue weighted by Gasteiger charge is -2.07. The van der Waals surface area contributed by atoms with E-state index in [0.717, 1.165) is 25.9 Å². The van der Waals surface area contributed by atoms with Crippen molar-refractivity contribution >= 4 is 5.91 Å². The number of hydrogen-bond donors (Lipinski definition) is 2. The van der Waals surface area contributed by atoms with Gasteiger partial charge in [0.1, 0.15) is 0 Å². The van der Waals surface area contributed by atoms with Crippen LogP contribution in [0.25, 0.3) is 0 Å². The minimum atomic E-state index is -0.500. The van der Waals surface area contributed by atoms with E-state index in [-0.39, 0.29) is 18.9 Å². The molecule has 0 atom stereocenters. The Bertz CT molecular complexity index is 536. The van der Waals surface area contributed by atoms with Crippen molar-refractivity contribution in [2.24, 2.45) is 0 Å². The Morgan fingerprint density at radius 1 is 1.33 bits per heavy atom. The molecular formula is C14H23N3O4. The van der Waals surface area contributed by atoms with E-state index in [1.54, 1.807) is 0 Å². The van der Waals surface area contributed by atoms with E-state index >= 15 is 0 Å². The summed E-state index contributed by atoms with van der Waals surface area (Å²) in [6, 6.07) is 1.26. The van der Waals surface area contributed by atoms with Crippen LogP contribution in [0.15, 0.2) is 21.9 Å². The molecule has 7 heteroatoms. The van der Waals surface area contributed by atoms with E-state index in [0.29, 0.717) is 13.2 Å². The summed E-state index contributed by atoms with van der Waals surface area (Å²) in [5.41, 5.74) is -0.941. The first kappa shape index (κ1) is 17.2. The van der Waals surface area contributed by atoms with Gasteiger partial charge in [0.2, 0.25) is 5.91 Å². The third-order valence-electron chi connectivity index (χ3n) is 2.91. The van der Waals surface area contributed by atoms with Crippen LogP contribution in [0, 0.1) is 0 Å². The smallest absolute Gasteiger partial charge is 0.328 e. The number of unbranched alkanes of at least 4 members (excludes halogenated alkanes) is 1. The number of aromatic amines is 1. The maximum Gasteiger partial charge on any atom is 0.328 e. The van der Waals surface area contributed by atoms with Crippen LogP contribution < -0.4 is 16.6 Å². The summed E-state index contributed by atoms with van der Waals surface area (Å²) < 4.78 is 6.68. The molecule has 0 bridgehead atoms. The van der Waals surface area contributed by atoms with Gasteiger partial charge < -0.3 is 14.6 Å². The second-order valence-corrected chi connectivity index (χ2v) is 4.72. The first-order valence-corrected chi connectivity index (χ1v) is 7.27. The second kappa shape index (κ2) is 9.93. The van der Waals surface area contributed by atoms with Crippen LogP contribution in [0.2, 0.25) is 0 Å². The zero-order chi connectivity index (χ0) is 15.5. The molecule has 21 heavy (non-hydrogen) atoms. The normalized spacial score (nSPS) is 10.5. The van der Waals surface area contributed by atoms with E-state index in [1.165, 1.54) is 16.8 Å². The fourth-order valence-corrected chi connectivity index (χ4v) is 1.68. The molecule has 0 saturated carbocycles. The highest BCUT2D eigenvalue weighted by Crippen LogP contribution is 1.90. The fraction of sp³-hybridized carbons (Fsp3) is 0.643. The number of hydrogen-bond acceptors (Lipinski definition) is 4.